The molecular weight excluding hydrogens is 827 g/mol. The van der Waals surface area contributed by atoms with E-state index in [-0.39, 0.29) is 24.9 Å². The third-order valence-electron chi connectivity index (χ3n) is 12.6. The normalized spacial score (nSPS) is 13.8. The molecule has 386 valence electrons. The summed E-state index contributed by atoms with van der Waals surface area (Å²) >= 11 is 0. The summed E-state index contributed by atoms with van der Waals surface area (Å²) in [7, 11) is 0. The highest BCUT2D eigenvalue weighted by Crippen LogP contribution is 2.18. The van der Waals surface area contributed by atoms with Crippen LogP contribution < -0.4 is 5.32 Å². The van der Waals surface area contributed by atoms with Gasteiger partial charge >= 0.3 is 5.97 Å². The smallest absolute Gasteiger partial charge is 0.306 e. The second-order valence-electron chi connectivity index (χ2n) is 19.1. The number of ether oxygens (including phenoxy) is 1. The van der Waals surface area contributed by atoms with Gasteiger partial charge < -0.3 is 20.3 Å². The van der Waals surface area contributed by atoms with Gasteiger partial charge in [0.2, 0.25) is 5.91 Å². The summed E-state index contributed by atoms with van der Waals surface area (Å²) in [6.45, 7) is 6.32. The van der Waals surface area contributed by atoms with Crippen LogP contribution in [0, 0.1) is 0 Å². The van der Waals surface area contributed by atoms with Gasteiger partial charge in [0.1, 0.15) is 6.10 Å². The minimum atomic E-state index is -0.806. The van der Waals surface area contributed by atoms with Crippen molar-refractivity contribution in [3.8, 4) is 0 Å². The Kier molecular flexibility index (Phi) is 51.6. The summed E-state index contributed by atoms with van der Waals surface area (Å²) in [6.07, 6.45) is 70.7. The number of aliphatic hydroxyl groups excluding tert-OH is 2. The standard InChI is InChI=1S/C61H107NO5/c1-4-7-10-13-16-19-22-25-28-30-33-35-38-41-44-47-50-53-59(64)58(56-63)62-60(65)55-57(52-49-46-43-40-37-34-32-29-26-23-20-17-14-11-8-5-2)67-61(66)54-51-48-45-42-39-36-31-27-24-21-18-15-12-9-6-3/h9,12,15,17-18,20-21,23-24,26,29,32,34,37,57-59,63-64H,4-8,10-11,13-14,16,19,22,25,27-28,30-31,33,35-36,38-56H2,1-3H3,(H,62,65)/b12-9+,18-15+,20-17+,24-21+,26-23+,32-29+,37-34+. The molecule has 3 atom stereocenters. The van der Waals surface area contributed by atoms with Gasteiger partial charge in [0, 0.05) is 6.42 Å². The van der Waals surface area contributed by atoms with E-state index in [0.29, 0.717) is 19.3 Å². The van der Waals surface area contributed by atoms with Gasteiger partial charge in [-0.25, -0.2) is 0 Å². The van der Waals surface area contributed by atoms with Crippen LogP contribution >= 0.6 is 0 Å². The fourth-order valence-corrected chi connectivity index (χ4v) is 8.33. The number of carbonyl (C=O) groups is 2. The molecule has 0 rings (SSSR count). The predicted molar refractivity (Wildman–Crippen MR) is 291 cm³/mol. The summed E-state index contributed by atoms with van der Waals surface area (Å²) in [6, 6.07) is -0.722. The van der Waals surface area contributed by atoms with Gasteiger partial charge in [-0.1, -0.05) is 266 Å². The van der Waals surface area contributed by atoms with Crippen molar-refractivity contribution in [3.63, 3.8) is 0 Å². The molecule has 0 fully saturated rings. The molecule has 0 saturated heterocycles. The van der Waals surface area contributed by atoms with Crippen LogP contribution in [0.1, 0.15) is 265 Å². The lowest BCUT2D eigenvalue weighted by Gasteiger charge is -2.24. The molecule has 1 amide bonds. The van der Waals surface area contributed by atoms with Crippen LogP contribution in [0.25, 0.3) is 0 Å². The Bertz CT molecular complexity index is 1280. The second-order valence-corrected chi connectivity index (χ2v) is 19.1. The van der Waals surface area contributed by atoms with Crippen molar-refractivity contribution in [1.29, 1.82) is 0 Å². The molecule has 0 heterocycles. The van der Waals surface area contributed by atoms with Crippen LogP contribution in [0.4, 0.5) is 0 Å². The van der Waals surface area contributed by atoms with E-state index in [1.165, 1.54) is 135 Å². The molecule has 6 nitrogen and oxygen atoms in total. The van der Waals surface area contributed by atoms with Gasteiger partial charge in [-0.3, -0.25) is 9.59 Å². The van der Waals surface area contributed by atoms with Crippen LogP contribution in [0.3, 0.4) is 0 Å². The molecule has 0 aromatic heterocycles. The number of hydrogen-bond acceptors (Lipinski definition) is 5. The van der Waals surface area contributed by atoms with Crippen LogP contribution in [0.5, 0.6) is 0 Å². The molecule has 0 bridgehead atoms. The lowest BCUT2D eigenvalue weighted by atomic mass is 10.0. The Morgan fingerprint density at radius 3 is 1.27 bits per heavy atom. The fourth-order valence-electron chi connectivity index (χ4n) is 8.33. The first-order valence-corrected chi connectivity index (χ1v) is 28.4. The molecule has 0 aromatic carbocycles. The average molecular weight is 935 g/mol. The number of esters is 1. The van der Waals surface area contributed by atoms with E-state index in [2.05, 4.69) is 105 Å². The molecule has 0 aromatic rings. The molecule has 0 aliphatic heterocycles. The van der Waals surface area contributed by atoms with Crippen molar-refractivity contribution in [3.05, 3.63) is 85.1 Å². The van der Waals surface area contributed by atoms with Crippen molar-refractivity contribution in [2.75, 3.05) is 6.61 Å². The fraction of sp³-hybridized carbons (Fsp3) is 0.738. The number of aliphatic hydroxyl groups is 2. The highest BCUT2D eigenvalue weighted by Gasteiger charge is 2.24. The number of hydrogen-bond donors (Lipinski definition) is 3. The number of allylic oxidation sites excluding steroid dienone is 14. The first-order chi connectivity index (χ1) is 33.0. The van der Waals surface area contributed by atoms with E-state index >= 15 is 0 Å². The first-order valence-electron chi connectivity index (χ1n) is 28.4. The summed E-state index contributed by atoms with van der Waals surface area (Å²) in [5.74, 6) is -0.526. The number of carbonyl (C=O) groups excluding carboxylic acids is 2. The predicted octanol–water partition coefficient (Wildman–Crippen LogP) is 17.5. The molecule has 67 heavy (non-hydrogen) atoms. The zero-order valence-electron chi connectivity index (χ0n) is 44.0. The summed E-state index contributed by atoms with van der Waals surface area (Å²) in [4.78, 5) is 26.3. The molecule has 0 radical (unpaired) electrons. The Labute approximate surface area is 414 Å². The Balaban J connectivity index is 4.64. The Hall–Kier alpha value is -2.96. The topological polar surface area (TPSA) is 95.9 Å². The number of nitrogens with one attached hydrogen (secondary N) is 1. The first kappa shape index (κ1) is 64.0. The van der Waals surface area contributed by atoms with E-state index in [4.69, 9.17) is 4.74 Å². The minimum Gasteiger partial charge on any atom is -0.462 e. The number of rotatable bonds is 50. The molecule has 3 N–H and O–H groups in total. The van der Waals surface area contributed by atoms with Crippen LogP contribution in [-0.2, 0) is 14.3 Å². The largest absolute Gasteiger partial charge is 0.462 e. The molecule has 6 heteroatoms. The highest BCUT2D eigenvalue weighted by atomic mass is 16.5. The van der Waals surface area contributed by atoms with Crippen molar-refractivity contribution >= 4 is 11.9 Å². The van der Waals surface area contributed by atoms with Crippen molar-refractivity contribution in [1.82, 2.24) is 5.32 Å². The highest BCUT2D eigenvalue weighted by molar-refractivity contribution is 5.77. The maximum atomic E-state index is 13.3. The van der Waals surface area contributed by atoms with E-state index < -0.39 is 18.2 Å². The maximum Gasteiger partial charge on any atom is 0.306 e. The average Bonchev–Trinajstić information content (AvgIpc) is 3.32. The Morgan fingerprint density at radius 1 is 0.448 bits per heavy atom. The van der Waals surface area contributed by atoms with E-state index in [9.17, 15) is 19.8 Å². The summed E-state index contributed by atoms with van der Waals surface area (Å²) < 4.78 is 5.93. The van der Waals surface area contributed by atoms with Gasteiger partial charge in [0.25, 0.3) is 0 Å². The molecule has 0 saturated carbocycles. The van der Waals surface area contributed by atoms with E-state index in [1.54, 1.807) is 0 Å². The second kappa shape index (κ2) is 54.0. The zero-order chi connectivity index (χ0) is 48.8. The summed E-state index contributed by atoms with van der Waals surface area (Å²) in [5.41, 5.74) is 0. The third-order valence-corrected chi connectivity index (χ3v) is 12.6. The van der Waals surface area contributed by atoms with Crippen molar-refractivity contribution in [2.45, 2.75) is 283 Å². The van der Waals surface area contributed by atoms with Gasteiger partial charge in [-0.15, -0.1) is 0 Å². The van der Waals surface area contributed by atoms with Gasteiger partial charge in [0.05, 0.1) is 25.2 Å². The van der Waals surface area contributed by atoms with Gasteiger partial charge in [-0.05, 0) is 70.6 Å². The Morgan fingerprint density at radius 2 is 0.806 bits per heavy atom. The van der Waals surface area contributed by atoms with Crippen LogP contribution in [0.15, 0.2) is 85.1 Å². The third kappa shape index (κ3) is 49.3. The van der Waals surface area contributed by atoms with Crippen LogP contribution in [0.2, 0.25) is 0 Å². The minimum absolute atomic E-state index is 0.0433. The molecular formula is C61H107NO5. The summed E-state index contributed by atoms with van der Waals surface area (Å²) in [5, 5.41) is 23.9. The monoisotopic (exact) mass is 934 g/mol. The SMILES string of the molecule is CC/C=C/C=C/C=C/CCCCCCCCCC(=O)OC(CCCCC/C=C/C=C/C=C/C=C/CCCCC)CC(=O)NC(CO)C(O)CCCCCCCCCCCCCCCCCCC. The molecule has 0 aliphatic rings. The number of unbranched alkanes of at least 4 members (excludes halogenated alkanes) is 29. The molecule has 3 unspecified atom stereocenters. The lowest BCUT2D eigenvalue weighted by molar-refractivity contribution is -0.151. The van der Waals surface area contributed by atoms with E-state index in [0.717, 1.165) is 83.5 Å². The zero-order valence-corrected chi connectivity index (χ0v) is 44.0. The van der Waals surface area contributed by atoms with Crippen LogP contribution in [-0.4, -0.2) is 46.9 Å². The molecule has 0 spiro atoms. The maximum absolute atomic E-state index is 13.3. The quantitative estimate of drug-likeness (QED) is 0.0321. The number of amides is 1. The lowest BCUT2D eigenvalue weighted by Crippen LogP contribution is -2.46. The van der Waals surface area contributed by atoms with Gasteiger partial charge in [-0.2, -0.15) is 0 Å². The van der Waals surface area contributed by atoms with Crippen molar-refractivity contribution in [2.24, 2.45) is 0 Å². The van der Waals surface area contributed by atoms with Crippen molar-refractivity contribution < 1.29 is 24.5 Å². The van der Waals surface area contributed by atoms with E-state index in [1.807, 2.05) is 6.08 Å². The van der Waals surface area contributed by atoms with Gasteiger partial charge in [0.15, 0.2) is 0 Å². The molecule has 0 aliphatic carbocycles.